The van der Waals surface area contributed by atoms with Crippen LogP contribution in [0.1, 0.15) is 71.4 Å². The molecule has 5 rings (SSSR count). The molecule has 1 saturated carbocycles. The fourth-order valence-electron chi connectivity index (χ4n) is 7.03. The van der Waals surface area contributed by atoms with Crippen LogP contribution in [-0.2, 0) is 35.0 Å². The highest BCUT2D eigenvalue weighted by atomic mass is 28.3. The summed E-state index contributed by atoms with van der Waals surface area (Å²) >= 11 is 0. The molecular formula is C46H60O11Si. The minimum absolute atomic E-state index is 0.0109. The number of carbonyl (C=O) groups excluding carboxylic acids is 2. The van der Waals surface area contributed by atoms with Gasteiger partial charge in [-0.25, -0.2) is 9.59 Å². The molecule has 3 aromatic rings. The van der Waals surface area contributed by atoms with Crippen LogP contribution in [0.4, 0.5) is 0 Å². The minimum Gasteiger partial charge on any atom is -0.497 e. The number of esters is 2. The van der Waals surface area contributed by atoms with Crippen molar-refractivity contribution in [3.8, 4) is 17.2 Å². The Balaban J connectivity index is 1.39. The van der Waals surface area contributed by atoms with Gasteiger partial charge < -0.3 is 42.6 Å². The van der Waals surface area contributed by atoms with Gasteiger partial charge in [0.25, 0.3) is 0 Å². The number of methoxy groups -OCH3 is 3. The fourth-order valence-corrected chi connectivity index (χ4v) is 7.74. The van der Waals surface area contributed by atoms with Crippen LogP contribution in [0, 0.1) is 5.92 Å². The van der Waals surface area contributed by atoms with Crippen molar-refractivity contribution in [1.29, 1.82) is 0 Å². The van der Waals surface area contributed by atoms with Gasteiger partial charge in [-0.2, -0.15) is 0 Å². The molecule has 0 amide bonds. The molecule has 12 heteroatoms. The summed E-state index contributed by atoms with van der Waals surface area (Å²) in [5.41, 5.74) is 2.32. The number of hydrogen-bond acceptors (Lipinski definition) is 11. The number of benzene rings is 3. The number of hydrogen-bond donors (Lipinski definition) is 0. The van der Waals surface area contributed by atoms with Crippen molar-refractivity contribution in [3.63, 3.8) is 0 Å². The Kier molecular flexibility index (Phi) is 16.2. The number of ether oxygens (including phenoxy) is 9. The zero-order valence-electron chi connectivity index (χ0n) is 35.2. The van der Waals surface area contributed by atoms with Crippen LogP contribution in [0.3, 0.4) is 0 Å². The summed E-state index contributed by atoms with van der Waals surface area (Å²) in [7, 11) is 3.26. The molecule has 314 valence electrons. The molecule has 4 unspecified atom stereocenters. The summed E-state index contributed by atoms with van der Waals surface area (Å²) in [5, 5.41) is 0. The number of carbonyl (C=O) groups is 2. The third-order valence-electron chi connectivity index (χ3n) is 10.1. The van der Waals surface area contributed by atoms with E-state index in [1.807, 2.05) is 62.4 Å². The SMILES string of the molecule is COCOc1cc(OC)cc(/C=C/CC2OC(C)(C)OC2C(/C=C\C2CCC[C@H]2OCc2ccc(OC)cc2)OC(=O)c2ccccc2)c1C(=O)OCC[Si](C)(C)C. The Hall–Kier alpha value is -4.46. The summed E-state index contributed by atoms with van der Waals surface area (Å²) in [6.07, 6.45) is 9.11. The Bertz CT molecular complexity index is 1830. The highest BCUT2D eigenvalue weighted by Gasteiger charge is 2.45. The molecule has 11 nitrogen and oxygen atoms in total. The Morgan fingerprint density at radius 1 is 0.914 bits per heavy atom. The van der Waals surface area contributed by atoms with Gasteiger partial charge in [-0.15, -0.1) is 0 Å². The van der Waals surface area contributed by atoms with Gasteiger partial charge in [0.15, 0.2) is 12.6 Å². The molecular weight excluding hydrogens is 757 g/mol. The van der Waals surface area contributed by atoms with E-state index in [2.05, 4.69) is 25.7 Å². The maximum absolute atomic E-state index is 13.6. The molecule has 5 atom stereocenters. The average molecular weight is 817 g/mol. The summed E-state index contributed by atoms with van der Waals surface area (Å²) in [4.78, 5) is 27.2. The Morgan fingerprint density at radius 2 is 1.66 bits per heavy atom. The Morgan fingerprint density at radius 3 is 2.34 bits per heavy atom. The lowest BCUT2D eigenvalue weighted by atomic mass is 9.99. The molecule has 0 N–H and O–H groups in total. The van der Waals surface area contributed by atoms with Crippen molar-refractivity contribution in [2.45, 2.75) is 102 Å². The van der Waals surface area contributed by atoms with Crippen molar-refractivity contribution in [2.75, 3.05) is 34.7 Å². The van der Waals surface area contributed by atoms with Crippen molar-refractivity contribution < 1.29 is 52.2 Å². The monoisotopic (exact) mass is 816 g/mol. The molecule has 0 spiro atoms. The van der Waals surface area contributed by atoms with Crippen LogP contribution in [0.25, 0.3) is 6.08 Å². The molecule has 58 heavy (non-hydrogen) atoms. The normalized spacial score (nSPS) is 21.0. The van der Waals surface area contributed by atoms with E-state index >= 15 is 0 Å². The largest absolute Gasteiger partial charge is 0.497 e. The van der Waals surface area contributed by atoms with Gasteiger partial charge in [0, 0.05) is 27.2 Å². The summed E-state index contributed by atoms with van der Waals surface area (Å²) in [6, 6.07) is 21.0. The molecule has 2 aliphatic rings. The van der Waals surface area contributed by atoms with Crippen molar-refractivity contribution in [3.05, 3.63) is 107 Å². The van der Waals surface area contributed by atoms with E-state index in [-0.39, 0.29) is 30.1 Å². The molecule has 1 aliphatic heterocycles. The van der Waals surface area contributed by atoms with E-state index in [0.29, 0.717) is 36.5 Å². The topological polar surface area (TPSA) is 117 Å². The lowest BCUT2D eigenvalue weighted by Gasteiger charge is -2.25. The van der Waals surface area contributed by atoms with Gasteiger partial charge in [-0.1, -0.05) is 74.6 Å². The first-order valence-electron chi connectivity index (χ1n) is 20.0. The van der Waals surface area contributed by atoms with Gasteiger partial charge in [-0.05, 0) is 86.7 Å². The zero-order chi connectivity index (χ0) is 41.7. The van der Waals surface area contributed by atoms with Gasteiger partial charge in [-0.3, -0.25) is 0 Å². The van der Waals surface area contributed by atoms with Crippen LogP contribution in [-0.4, -0.2) is 84.9 Å². The molecule has 2 fully saturated rings. The second kappa shape index (κ2) is 21.0. The lowest BCUT2D eigenvalue weighted by Crippen LogP contribution is -2.37. The highest BCUT2D eigenvalue weighted by molar-refractivity contribution is 6.76. The predicted molar refractivity (Wildman–Crippen MR) is 225 cm³/mol. The second-order valence-corrected chi connectivity index (χ2v) is 21.9. The van der Waals surface area contributed by atoms with Gasteiger partial charge in [0.05, 0.1) is 45.2 Å². The van der Waals surface area contributed by atoms with Gasteiger partial charge in [0.1, 0.15) is 35.0 Å². The molecule has 3 aromatic carbocycles. The summed E-state index contributed by atoms with van der Waals surface area (Å²) in [5.74, 6) is -0.216. The van der Waals surface area contributed by atoms with E-state index in [9.17, 15) is 9.59 Å². The molecule has 0 radical (unpaired) electrons. The van der Waals surface area contributed by atoms with Crippen LogP contribution < -0.4 is 14.2 Å². The first-order chi connectivity index (χ1) is 27.8. The second-order valence-electron chi connectivity index (χ2n) is 16.3. The highest BCUT2D eigenvalue weighted by Crippen LogP contribution is 2.37. The number of rotatable bonds is 20. The molecule has 0 bridgehead atoms. The van der Waals surface area contributed by atoms with Gasteiger partial charge in [0.2, 0.25) is 0 Å². The van der Waals surface area contributed by atoms with E-state index < -0.39 is 44.1 Å². The third-order valence-corrected chi connectivity index (χ3v) is 11.8. The summed E-state index contributed by atoms with van der Waals surface area (Å²) < 4.78 is 53.3. The lowest BCUT2D eigenvalue weighted by molar-refractivity contribution is -0.152. The van der Waals surface area contributed by atoms with E-state index in [4.69, 9.17) is 42.6 Å². The molecule has 1 aliphatic carbocycles. The minimum atomic E-state index is -1.45. The quantitative estimate of drug-likeness (QED) is 0.0470. The fraction of sp³-hybridized carbons (Fsp3) is 0.478. The molecule has 0 aromatic heterocycles. The van der Waals surface area contributed by atoms with Crippen LogP contribution in [0.2, 0.25) is 25.7 Å². The molecule has 1 saturated heterocycles. The van der Waals surface area contributed by atoms with Crippen molar-refractivity contribution in [2.24, 2.45) is 5.92 Å². The third kappa shape index (κ3) is 13.0. The maximum Gasteiger partial charge on any atom is 0.342 e. The van der Waals surface area contributed by atoms with E-state index in [1.165, 1.54) is 7.11 Å². The van der Waals surface area contributed by atoms with Crippen molar-refractivity contribution in [1.82, 2.24) is 0 Å². The first kappa shape index (κ1) is 44.6. The van der Waals surface area contributed by atoms with Crippen LogP contribution in [0.5, 0.6) is 17.2 Å². The standard InChI is InChI=1S/C46H60O11Si/c1-46(2)56-40(19-13-17-35-28-37(51-5)29-41(54-31-49-3)42(35)45(48)52-26-27-58(6,7)8)43(57-46)39(55-44(47)34-14-10-9-11-15-34)25-22-33-16-12-18-38(33)53-30-32-20-23-36(50-4)24-21-32/h9-11,13-15,17,20-25,28-29,33,38-40,43H,12,16,18-19,26-27,30-31H2,1-8H3/b17-13+,25-22-/t33?,38-,39?,40?,43?/m1/s1. The maximum atomic E-state index is 13.6. The van der Waals surface area contributed by atoms with Crippen LogP contribution >= 0.6 is 0 Å². The van der Waals surface area contributed by atoms with E-state index in [0.717, 1.165) is 36.6 Å². The van der Waals surface area contributed by atoms with Crippen LogP contribution in [0.15, 0.2) is 85.0 Å². The summed E-state index contributed by atoms with van der Waals surface area (Å²) in [6.45, 7) is 11.1. The first-order valence-corrected chi connectivity index (χ1v) is 23.7. The van der Waals surface area contributed by atoms with Gasteiger partial charge >= 0.3 is 11.9 Å². The predicted octanol–water partition coefficient (Wildman–Crippen LogP) is 9.27. The smallest absolute Gasteiger partial charge is 0.342 e. The molecule has 1 heterocycles. The van der Waals surface area contributed by atoms with E-state index in [1.54, 1.807) is 50.6 Å². The Labute approximate surface area is 344 Å². The van der Waals surface area contributed by atoms with Crippen molar-refractivity contribution >= 4 is 26.1 Å². The zero-order valence-corrected chi connectivity index (χ0v) is 36.2. The average Bonchev–Trinajstić information content (AvgIpc) is 3.79.